The number of rotatable bonds is 4. The first kappa shape index (κ1) is 33.4. The van der Waals surface area contributed by atoms with Gasteiger partial charge >= 0.3 is 5.97 Å². The summed E-state index contributed by atoms with van der Waals surface area (Å²) in [6.45, 7) is 15.7. The number of cyclic esters (lactones) is 1. The highest BCUT2D eigenvalue weighted by atomic mass is 16.7. The normalized spacial score (nSPS) is 47.1. The van der Waals surface area contributed by atoms with Gasteiger partial charge in [0.25, 0.3) is 0 Å². The van der Waals surface area contributed by atoms with Crippen molar-refractivity contribution in [3.8, 4) is 0 Å². The van der Waals surface area contributed by atoms with Crippen LogP contribution in [0.15, 0.2) is 0 Å². The van der Waals surface area contributed by atoms with E-state index in [1.807, 2.05) is 27.8 Å². The van der Waals surface area contributed by atoms with Gasteiger partial charge in [-0.2, -0.15) is 0 Å². The van der Waals surface area contributed by atoms with Crippen molar-refractivity contribution >= 4 is 5.97 Å². The van der Waals surface area contributed by atoms with E-state index in [0.717, 1.165) is 25.8 Å². The molecular formula is C29H55NO8. The van der Waals surface area contributed by atoms with Crippen LogP contribution in [0.25, 0.3) is 0 Å². The van der Waals surface area contributed by atoms with Crippen LogP contribution in [-0.4, -0.2) is 101 Å². The average Bonchev–Trinajstić information content (AvgIpc) is 2.86. The van der Waals surface area contributed by atoms with Gasteiger partial charge in [0.1, 0.15) is 23.9 Å². The molecule has 0 saturated carbocycles. The minimum atomic E-state index is -1.64. The molecule has 0 aromatic rings. The van der Waals surface area contributed by atoms with Crippen LogP contribution in [0.4, 0.5) is 0 Å². The Balaban J connectivity index is 2.36. The van der Waals surface area contributed by atoms with Crippen LogP contribution < -0.4 is 0 Å². The maximum Gasteiger partial charge on any atom is 0.311 e. The number of nitrogens with zero attached hydrogens (tertiary/aromatic N) is 1. The predicted molar refractivity (Wildman–Crippen MR) is 145 cm³/mol. The third kappa shape index (κ3) is 7.68. The number of carbonyl (C=O) groups excluding carboxylic acids is 1. The molecule has 2 aliphatic rings. The molecule has 0 aliphatic carbocycles. The number of methoxy groups -OCH3 is 1. The molecule has 2 fully saturated rings. The number of hydrogen-bond donors (Lipinski definition) is 3. The van der Waals surface area contributed by atoms with Gasteiger partial charge in [-0.25, -0.2) is 0 Å². The highest BCUT2D eigenvalue weighted by Gasteiger charge is 2.48. The van der Waals surface area contributed by atoms with Gasteiger partial charge in [0.15, 0.2) is 6.29 Å². The number of aliphatic hydroxyl groups excluding tert-OH is 2. The molecule has 0 spiro atoms. The second-order valence-electron chi connectivity index (χ2n) is 12.5. The van der Waals surface area contributed by atoms with E-state index < -0.39 is 59.9 Å². The lowest BCUT2D eigenvalue weighted by molar-refractivity contribution is -0.295. The smallest absolute Gasteiger partial charge is 0.311 e. The summed E-state index contributed by atoms with van der Waals surface area (Å²) < 4.78 is 24.0. The summed E-state index contributed by atoms with van der Waals surface area (Å²) in [6, 6.07) is -0.325. The summed E-state index contributed by atoms with van der Waals surface area (Å²) in [7, 11) is 3.52. The topological polar surface area (TPSA) is 118 Å². The summed E-state index contributed by atoms with van der Waals surface area (Å²) in [5.41, 5.74) is -2.48. The van der Waals surface area contributed by atoms with Gasteiger partial charge in [0.2, 0.25) is 0 Å². The number of hydrogen-bond acceptors (Lipinski definition) is 9. The van der Waals surface area contributed by atoms with Crippen molar-refractivity contribution in [2.75, 3.05) is 20.7 Å². The lowest BCUT2D eigenvalue weighted by Crippen LogP contribution is -2.59. The Bertz CT molecular complexity index is 750. The molecule has 0 radical (unpaired) electrons. The van der Waals surface area contributed by atoms with Crippen molar-refractivity contribution in [1.29, 1.82) is 0 Å². The van der Waals surface area contributed by atoms with E-state index >= 15 is 0 Å². The Morgan fingerprint density at radius 1 is 1.08 bits per heavy atom. The molecular weight excluding hydrogens is 490 g/mol. The zero-order valence-corrected chi connectivity index (χ0v) is 25.3. The summed E-state index contributed by atoms with van der Waals surface area (Å²) in [6.07, 6.45) is -1.00. The molecule has 38 heavy (non-hydrogen) atoms. The fraction of sp³-hybridized carbons (Fsp3) is 0.966. The first-order valence-electron chi connectivity index (χ1n) is 14.4. The van der Waals surface area contributed by atoms with Gasteiger partial charge in [0.05, 0.1) is 23.7 Å². The largest absolute Gasteiger partial charge is 0.459 e. The fourth-order valence-electron chi connectivity index (χ4n) is 6.13. The van der Waals surface area contributed by atoms with E-state index in [1.165, 1.54) is 0 Å². The van der Waals surface area contributed by atoms with Crippen LogP contribution in [0, 0.1) is 17.8 Å². The Morgan fingerprint density at radius 3 is 2.29 bits per heavy atom. The van der Waals surface area contributed by atoms with E-state index in [4.69, 9.17) is 18.9 Å². The number of carbonyl (C=O) groups is 1. The molecule has 2 heterocycles. The van der Waals surface area contributed by atoms with Crippen molar-refractivity contribution in [3.05, 3.63) is 0 Å². The van der Waals surface area contributed by atoms with Crippen LogP contribution in [0.2, 0.25) is 0 Å². The van der Waals surface area contributed by atoms with Crippen molar-refractivity contribution < 1.29 is 39.1 Å². The Kier molecular flexibility index (Phi) is 12.0. The van der Waals surface area contributed by atoms with E-state index in [0.29, 0.717) is 18.8 Å². The minimum Gasteiger partial charge on any atom is -0.459 e. The summed E-state index contributed by atoms with van der Waals surface area (Å²) in [4.78, 5) is 15.6. The van der Waals surface area contributed by atoms with Gasteiger partial charge in [-0.3, -0.25) is 4.79 Å². The lowest BCUT2D eigenvalue weighted by atomic mass is 9.85. The lowest BCUT2D eigenvalue weighted by Gasteiger charge is -2.45. The molecule has 0 aromatic carbocycles. The molecule has 224 valence electrons. The highest BCUT2D eigenvalue weighted by Crippen LogP contribution is 2.36. The van der Waals surface area contributed by atoms with E-state index in [-0.39, 0.29) is 12.0 Å². The standard InChI is InChI=1S/C29H55NO8/c1-11-22-29(8,34)25(31)20(5)30(9)16-17(2)13-12-14-18(3)24(19(4)27(33)37-22)38-23-15-28(7,35-10)26(32)21(6)36-23/h17-26,31-32,34H,11-16H2,1-10H3/t17-,18-,19-,20-,21+,22-,23+,24+,25-,26+,28-,29-/m1/s1. The second kappa shape index (κ2) is 13.7. The van der Waals surface area contributed by atoms with Gasteiger partial charge in [-0.1, -0.05) is 27.2 Å². The first-order chi connectivity index (χ1) is 17.6. The highest BCUT2D eigenvalue weighted by molar-refractivity contribution is 5.73. The Labute approximate surface area is 230 Å². The maximum absolute atomic E-state index is 13.5. The van der Waals surface area contributed by atoms with Gasteiger partial charge < -0.3 is 39.2 Å². The Hall–Kier alpha value is -0.810. The molecule has 12 atom stereocenters. The molecule has 9 heteroatoms. The zero-order chi connectivity index (χ0) is 29.0. The quantitative estimate of drug-likeness (QED) is 0.458. The second-order valence-corrected chi connectivity index (χ2v) is 12.5. The molecule has 0 bridgehead atoms. The molecule has 0 amide bonds. The molecule has 0 aromatic heterocycles. The van der Waals surface area contributed by atoms with Gasteiger partial charge in [-0.05, 0) is 72.8 Å². The van der Waals surface area contributed by atoms with Crippen molar-refractivity contribution in [3.63, 3.8) is 0 Å². The molecule has 3 N–H and O–H groups in total. The number of esters is 1. The van der Waals surface area contributed by atoms with E-state index in [2.05, 4.69) is 18.7 Å². The predicted octanol–water partition coefficient (Wildman–Crippen LogP) is 3.12. The molecule has 0 unspecified atom stereocenters. The number of likely N-dealkylation sites (N-methyl/N-ethyl adjacent to an activating group) is 1. The summed E-state index contributed by atoms with van der Waals surface area (Å²) >= 11 is 0. The van der Waals surface area contributed by atoms with Crippen LogP contribution in [0.3, 0.4) is 0 Å². The number of aliphatic hydroxyl groups is 3. The van der Waals surface area contributed by atoms with E-state index in [9.17, 15) is 20.1 Å². The minimum absolute atomic E-state index is 0.0252. The van der Waals surface area contributed by atoms with E-state index in [1.54, 1.807) is 27.9 Å². The summed E-state index contributed by atoms with van der Waals surface area (Å²) in [5, 5.41) is 33.2. The van der Waals surface area contributed by atoms with Crippen LogP contribution in [0.5, 0.6) is 0 Å². The monoisotopic (exact) mass is 545 g/mol. The van der Waals surface area contributed by atoms with Gasteiger partial charge in [-0.15, -0.1) is 0 Å². The van der Waals surface area contributed by atoms with Crippen molar-refractivity contribution in [1.82, 2.24) is 4.90 Å². The van der Waals surface area contributed by atoms with Gasteiger partial charge in [0, 0.05) is 26.1 Å². The van der Waals surface area contributed by atoms with Crippen molar-refractivity contribution in [2.45, 2.75) is 142 Å². The average molecular weight is 546 g/mol. The number of ether oxygens (including phenoxy) is 4. The molecule has 2 aliphatic heterocycles. The third-order valence-corrected chi connectivity index (χ3v) is 9.20. The molecule has 2 rings (SSSR count). The third-order valence-electron chi connectivity index (χ3n) is 9.20. The molecule has 9 nitrogen and oxygen atoms in total. The first-order valence-corrected chi connectivity index (χ1v) is 14.4. The van der Waals surface area contributed by atoms with Crippen molar-refractivity contribution in [2.24, 2.45) is 17.8 Å². The fourth-order valence-corrected chi connectivity index (χ4v) is 6.13. The maximum atomic E-state index is 13.5. The van der Waals surface area contributed by atoms with Crippen LogP contribution in [0.1, 0.15) is 87.5 Å². The zero-order valence-electron chi connectivity index (χ0n) is 25.3. The summed E-state index contributed by atoms with van der Waals surface area (Å²) in [5.74, 6) is -0.713. The Morgan fingerprint density at radius 2 is 1.71 bits per heavy atom. The molecule has 2 saturated heterocycles. The SMILES string of the molecule is CC[C@H]1OC(=O)[C@H](C)[C@@H](O[C@H]2C[C@@](C)(OC)[C@@H](O)[C@H](C)O2)[C@H](C)CCC[C@@H](C)CN(C)[C@H](C)[C@@H](O)[C@]1(C)O. The van der Waals surface area contributed by atoms with Crippen LogP contribution in [-0.2, 0) is 23.7 Å². The van der Waals surface area contributed by atoms with Crippen LogP contribution >= 0.6 is 0 Å².